The largest absolute Gasteiger partial charge is 0.365 e. The van der Waals surface area contributed by atoms with E-state index in [1.807, 2.05) is 18.2 Å². The Morgan fingerprint density at radius 3 is 2.75 bits per heavy atom. The van der Waals surface area contributed by atoms with Gasteiger partial charge in [-0.05, 0) is 69.1 Å². The molecule has 1 aromatic heterocycles. The molecule has 0 spiro atoms. The van der Waals surface area contributed by atoms with Crippen molar-refractivity contribution in [3.05, 3.63) is 40.4 Å². The normalized spacial score (nSPS) is 18.6. The SMILES string of the molecule is CCN1CCC[C@@H](Nc2cc(C)c(-c3ccc(Cl)cc3C)nn2)C1. The van der Waals surface area contributed by atoms with E-state index in [-0.39, 0.29) is 0 Å². The molecule has 1 aromatic carbocycles. The number of hydrogen-bond donors (Lipinski definition) is 1. The lowest BCUT2D eigenvalue weighted by Gasteiger charge is -2.32. The van der Waals surface area contributed by atoms with Crippen LogP contribution in [0.15, 0.2) is 24.3 Å². The summed E-state index contributed by atoms with van der Waals surface area (Å²) in [6, 6.07) is 8.43. The topological polar surface area (TPSA) is 41.0 Å². The highest BCUT2D eigenvalue weighted by atomic mass is 35.5. The van der Waals surface area contributed by atoms with Crippen LogP contribution in [0.5, 0.6) is 0 Å². The van der Waals surface area contributed by atoms with Gasteiger partial charge in [0.05, 0.1) is 5.69 Å². The van der Waals surface area contributed by atoms with Crippen molar-refractivity contribution in [3.8, 4) is 11.3 Å². The maximum Gasteiger partial charge on any atom is 0.149 e. The van der Waals surface area contributed by atoms with Gasteiger partial charge in [-0.1, -0.05) is 24.6 Å². The number of aromatic nitrogens is 2. The van der Waals surface area contributed by atoms with E-state index in [9.17, 15) is 0 Å². The van der Waals surface area contributed by atoms with Crippen molar-refractivity contribution in [3.63, 3.8) is 0 Å². The molecular formula is C19H25ClN4. The smallest absolute Gasteiger partial charge is 0.149 e. The minimum absolute atomic E-state index is 0.454. The molecule has 5 heteroatoms. The van der Waals surface area contributed by atoms with Gasteiger partial charge in [0, 0.05) is 23.2 Å². The average Bonchev–Trinajstić information content (AvgIpc) is 2.56. The number of anilines is 1. The zero-order valence-corrected chi connectivity index (χ0v) is 15.4. The highest BCUT2D eigenvalue weighted by Gasteiger charge is 2.19. The first-order chi connectivity index (χ1) is 11.6. The Morgan fingerprint density at radius 2 is 2.04 bits per heavy atom. The molecule has 1 atom stereocenters. The molecule has 4 nitrogen and oxygen atoms in total. The summed E-state index contributed by atoms with van der Waals surface area (Å²) in [5, 5.41) is 13.2. The number of aryl methyl sites for hydroxylation is 2. The number of nitrogens with one attached hydrogen (secondary N) is 1. The summed E-state index contributed by atoms with van der Waals surface area (Å²) in [7, 11) is 0. The van der Waals surface area contributed by atoms with Gasteiger partial charge in [0.25, 0.3) is 0 Å². The van der Waals surface area contributed by atoms with Gasteiger partial charge in [0.2, 0.25) is 0 Å². The van der Waals surface area contributed by atoms with Crippen molar-refractivity contribution in [2.24, 2.45) is 0 Å². The Hall–Kier alpha value is -1.65. The van der Waals surface area contributed by atoms with E-state index in [4.69, 9.17) is 11.6 Å². The molecular weight excluding hydrogens is 320 g/mol. The lowest BCUT2D eigenvalue weighted by molar-refractivity contribution is 0.226. The molecule has 24 heavy (non-hydrogen) atoms. The van der Waals surface area contributed by atoms with Gasteiger partial charge >= 0.3 is 0 Å². The molecule has 1 aliphatic rings. The Bertz CT molecular complexity index is 717. The monoisotopic (exact) mass is 344 g/mol. The fourth-order valence-corrected chi connectivity index (χ4v) is 3.61. The van der Waals surface area contributed by atoms with E-state index in [0.29, 0.717) is 6.04 Å². The molecule has 1 saturated heterocycles. The van der Waals surface area contributed by atoms with E-state index in [1.165, 1.54) is 19.4 Å². The number of halogens is 1. The number of benzene rings is 1. The number of likely N-dealkylation sites (tertiary alicyclic amines) is 1. The van der Waals surface area contributed by atoms with Crippen LogP contribution in [-0.4, -0.2) is 40.8 Å². The third-order valence-corrected chi connectivity index (χ3v) is 4.97. The summed E-state index contributed by atoms with van der Waals surface area (Å²) in [4.78, 5) is 2.48. The molecule has 2 aromatic rings. The zero-order valence-electron chi connectivity index (χ0n) is 14.6. The lowest BCUT2D eigenvalue weighted by atomic mass is 10.0. The van der Waals surface area contributed by atoms with Gasteiger partial charge in [0.1, 0.15) is 5.82 Å². The molecule has 1 fully saturated rings. The van der Waals surface area contributed by atoms with E-state index >= 15 is 0 Å². The second-order valence-corrected chi connectivity index (χ2v) is 7.03. The number of likely N-dealkylation sites (N-methyl/N-ethyl adjacent to an activating group) is 1. The summed E-state index contributed by atoms with van der Waals surface area (Å²) in [5.74, 6) is 0.866. The van der Waals surface area contributed by atoms with Crippen molar-refractivity contribution in [2.75, 3.05) is 25.0 Å². The summed E-state index contributed by atoms with van der Waals surface area (Å²) in [6.45, 7) is 9.75. The van der Waals surface area contributed by atoms with Crippen molar-refractivity contribution in [2.45, 2.75) is 39.7 Å². The first kappa shape index (κ1) is 17.2. The van der Waals surface area contributed by atoms with Crippen LogP contribution in [0.3, 0.4) is 0 Å². The van der Waals surface area contributed by atoms with Gasteiger partial charge in [0.15, 0.2) is 0 Å². The number of rotatable bonds is 4. The van der Waals surface area contributed by atoms with E-state index in [0.717, 1.165) is 46.3 Å². The standard InChI is InChI=1S/C19H25ClN4/c1-4-24-9-5-6-16(12-24)21-18-11-14(3)19(23-22-18)17-8-7-15(20)10-13(17)2/h7-8,10-11,16H,4-6,9,12H2,1-3H3,(H,21,22)/t16-/m1/s1. The van der Waals surface area contributed by atoms with E-state index in [1.54, 1.807) is 0 Å². The van der Waals surface area contributed by atoms with Gasteiger partial charge in [-0.3, -0.25) is 0 Å². The Balaban J connectivity index is 1.77. The average molecular weight is 345 g/mol. The molecule has 0 unspecified atom stereocenters. The second-order valence-electron chi connectivity index (χ2n) is 6.60. The van der Waals surface area contributed by atoms with Crippen molar-refractivity contribution in [1.82, 2.24) is 15.1 Å². The third kappa shape index (κ3) is 3.87. The predicted octanol–water partition coefficient (Wildman–Crippen LogP) is 4.31. The van der Waals surface area contributed by atoms with Crippen LogP contribution in [0.25, 0.3) is 11.3 Å². The molecule has 0 radical (unpaired) electrons. The lowest BCUT2D eigenvalue weighted by Crippen LogP contribution is -2.42. The number of hydrogen-bond acceptors (Lipinski definition) is 4. The zero-order chi connectivity index (χ0) is 17.1. The molecule has 0 aliphatic carbocycles. The molecule has 2 heterocycles. The van der Waals surface area contributed by atoms with E-state index in [2.05, 4.69) is 47.3 Å². The summed E-state index contributed by atoms with van der Waals surface area (Å²) >= 11 is 6.05. The van der Waals surface area contributed by atoms with Crippen LogP contribution in [0, 0.1) is 13.8 Å². The first-order valence-electron chi connectivity index (χ1n) is 8.66. The van der Waals surface area contributed by atoms with Crippen LogP contribution in [-0.2, 0) is 0 Å². The fraction of sp³-hybridized carbons (Fsp3) is 0.474. The fourth-order valence-electron chi connectivity index (χ4n) is 3.38. The van der Waals surface area contributed by atoms with Crippen LogP contribution in [0.1, 0.15) is 30.9 Å². The van der Waals surface area contributed by atoms with Crippen molar-refractivity contribution in [1.29, 1.82) is 0 Å². The Kier molecular flexibility index (Phi) is 5.36. The van der Waals surface area contributed by atoms with E-state index < -0.39 is 0 Å². The van der Waals surface area contributed by atoms with Gasteiger partial charge < -0.3 is 10.2 Å². The van der Waals surface area contributed by atoms with Gasteiger partial charge in [-0.2, -0.15) is 0 Å². The Morgan fingerprint density at radius 1 is 1.21 bits per heavy atom. The Labute approximate surface area is 149 Å². The van der Waals surface area contributed by atoms with Crippen LogP contribution >= 0.6 is 11.6 Å². The number of nitrogens with zero attached hydrogens (tertiary/aromatic N) is 3. The molecule has 128 valence electrons. The van der Waals surface area contributed by atoms with Crippen molar-refractivity contribution < 1.29 is 0 Å². The quantitative estimate of drug-likeness (QED) is 0.897. The minimum Gasteiger partial charge on any atom is -0.365 e. The second kappa shape index (κ2) is 7.49. The van der Waals surface area contributed by atoms with Gasteiger partial charge in [-0.25, -0.2) is 0 Å². The molecule has 1 aliphatic heterocycles. The molecule has 3 rings (SSSR count). The maximum atomic E-state index is 6.05. The van der Waals surface area contributed by atoms with Crippen LogP contribution < -0.4 is 5.32 Å². The van der Waals surface area contributed by atoms with Crippen LogP contribution in [0.4, 0.5) is 5.82 Å². The van der Waals surface area contributed by atoms with Crippen LogP contribution in [0.2, 0.25) is 5.02 Å². The summed E-state index contributed by atoms with van der Waals surface area (Å²) < 4.78 is 0. The molecule has 0 bridgehead atoms. The first-order valence-corrected chi connectivity index (χ1v) is 9.04. The van der Waals surface area contributed by atoms with Crippen molar-refractivity contribution >= 4 is 17.4 Å². The number of piperidine rings is 1. The third-order valence-electron chi connectivity index (χ3n) is 4.73. The molecule has 0 amide bonds. The molecule has 0 saturated carbocycles. The molecule has 1 N–H and O–H groups in total. The minimum atomic E-state index is 0.454. The van der Waals surface area contributed by atoms with Gasteiger partial charge in [-0.15, -0.1) is 10.2 Å². The maximum absolute atomic E-state index is 6.05. The highest BCUT2D eigenvalue weighted by Crippen LogP contribution is 2.27. The highest BCUT2D eigenvalue weighted by molar-refractivity contribution is 6.30. The summed E-state index contributed by atoms with van der Waals surface area (Å²) in [6.07, 6.45) is 2.43. The predicted molar refractivity (Wildman–Crippen MR) is 101 cm³/mol. The summed E-state index contributed by atoms with van der Waals surface area (Å²) in [5.41, 5.74) is 4.26.